The maximum Gasteiger partial charge on any atom is 0.124 e. The Morgan fingerprint density at radius 3 is 2.35 bits per heavy atom. The molecule has 110 valence electrons. The van der Waals surface area contributed by atoms with Gasteiger partial charge in [0.2, 0.25) is 0 Å². The molecule has 20 heavy (non-hydrogen) atoms. The average molecular weight is 275 g/mol. The normalized spacial score (nSPS) is 22.1. The fraction of sp³-hybridized carbons (Fsp3) is 0.529. The summed E-state index contributed by atoms with van der Waals surface area (Å²) in [6.45, 7) is 5.52. The highest BCUT2D eigenvalue weighted by Crippen LogP contribution is 2.30. The molecule has 0 aliphatic heterocycles. The minimum absolute atomic E-state index is 0.690. The molecular weight excluding hydrogens is 250 g/mol. The van der Waals surface area contributed by atoms with Gasteiger partial charge in [0.15, 0.2) is 0 Å². The van der Waals surface area contributed by atoms with E-state index in [1.54, 1.807) is 14.2 Å². The quantitative estimate of drug-likeness (QED) is 0.820. The van der Waals surface area contributed by atoms with E-state index >= 15 is 0 Å². The monoisotopic (exact) mass is 275 g/mol. The zero-order valence-corrected chi connectivity index (χ0v) is 12.9. The third-order valence-corrected chi connectivity index (χ3v) is 3.83. The van der Waals surface area contributed by atoms with Crippen LogP contribution in [-0.4, -0.2) is 20.8 Å². The van der Waals surface area contributed by atoms with Crippen molar-refractivity contribution in [2.75, 3.05) is 26.1 Å². The number of methoxy groups -OCH3 is 2. The molecule has 1 aromatic rings. The number of hydrogen-bond donors (Lipinski definition) is 1. The van der Waals surface area contributed by atoms with Gasteiger partial charge in [0.1, 0.15) is 11.5 Å². The van der Waals surface area contributed by atoms with Gasteiger partial charge in [-0.1, -0.05) is 18.6 Å². The van der Waals surface area contributed by atoms with Crippen LogP contribution < -0.4 is 14.8 Å². The number of nitrogens with one attached hydrogen (secondary N) is 1. The summed E-state index contributed by atoms with van der Waals surface area (Å²) in [5, 5.41) is 3.52. The van der Waals surface area contributed by atoms with E-state index in [9.17, 15) is 0 Å². The van der Waals surface area contributed by atoms with Crippen molar-refractivity contribution in [3.8, 4) is 11.5 Å². The highest BCUT2D eigenvalue weighted by Gasteiger charge is 2.17. The minimum atomic E-state index is 0.690. The molecule has 0 spiro atoms. The van der Waals surface area contributed by atoms with Gasteiger partial charge < -0.3 is 14.8 Å². The molecule has 3 nitrogen and oxygen atoms in total. The smallest absolute Gasteiger partial charge is 0.124 e. The van der Waals surface area contributed by atoms with E-state index in [0.29, 0.717) is 11.8 Å². The van der Waals surface area contributed by atoms with Gasteiger partial charge in [-0.15, -0.1) is 0 Å². The number of hydrogen-bond acceptors (Lipinski definition) is 3. The van der Waals surface area contributed by atoms with Gasteiger partial charge in [-0.3, -0.25) is 0 Å². The maximum atomic E-state index is 5.29. The molecule has 2 unspecified atom stereocenters. The van der Waals surface area contributed by atoms with Gasteiger partial charge in [0, 0.05) is 30.4 Å². The van der Waals surface area contributed by atoms with Crippen LogP contribution in [0.5, 0.6) is 11.5 Å². The lowest BCUT2D eigenvalue weighted by Crippen LogP contribution is -2.20. The van der Waals surface area contributed by atoms with Crippen LogP contribution in [0, 0.1) is 11.8 Å². The van der Waals surface area contributed by atoms with Crippen LogP contribution in [0.3, 0.4) is 0 Å². The molecule has 0 bridgehead atoms. The second-order valence-corrected chi connectivity index (χ2v) is 5.78. The third kappa shape index (κ3) is 3.92. The molecule has 0 fully saturated rings. The Morgan fingerprint density at radius 1 is 1.15 bits per heavy atom. The van der Waals surface area contributed by atoms with Gasteiger partial charge in [-0.25, -0.2) is 0 Å². The fourth-order valence-electron chi connectivity index (χ4n) is 3.01. The molecule has 0 radical (unpaired) electrons. The topological polar surface area (TPSA) is 30.5 Å². The van der Waals surface area contributed by atoms with Crippen molar-refractivity contribution in [1.29, 1.82) is 0 Å². The van der Waals surface area contributed by atoms with Crippen LogP contribution in [0.15, 0.2) is 29.8 Å². The van der Waals surface area contributed by atoms with Crippen molar-refractivity contribution in [3.63, 3.8) is 0 Å². The molecule has 1 aliphatic carbocycles. The highest BCUT2D eigenvalue weighted by molar-refractivity contribution is 5.53. The van der Waals surface area contributed by atoms with Crippen molar-refractivity contribution in [3.05, 3.63) is 29.8 Å². The lowest BCUT2D eigenvalue weighted by atomic mass is 9.84. The van der Waals surface area contributed by atoms with Gasteiger partial charge in [0.05, 0.1) is 14.2 Å². The molecule has 2 rings (SSSR count). The van der Waals surface area contributed by atoms with Crippen LogP contribution in [0.1, 0.15) is 26.7 Å². The number of anilines is 1. The number of rotatable bonds is 5. The summed E-state index contributed by atoms with van der Waals surface area (Å²) in [4.78, 5) is 0. The van der Waals surface area contributed by atoms with E-state index in [-0.39, 0.29) is 0 Å². The summed E-state index contributed by atoms with van der Waals surface area (Å²) in [6, 6.07) is 5.91. The van der Waals surface area contributed by atoms with E-state index < -0.39 is 0 Å². The first-order valence-electron chi connectivity index (χ1n) is 7.25. The lowest BCUT2D eigenvalue weighted by Gasteiger charge is -2.26. The summed E-state index contributed by atoms with van der Waals surface area (Å²) >= 11 is 0. The Hall–Kier alpha value is -1.64. The lowest BCUT2D eigenvalue weighted by molar-refractivity contribution is 0.394. The van der Waals surface area contributed by atoms with Crippen LogP contribution >= 0.6 is 0 Å². The van der Waals surface area contributed by atoms with Gasteiger partial charge >= 0.3 is 0 Å². The number of allylic oxidation sites excluding steroid dienone is 2. The Bertz CT molecular complexity index is 460. The Labute approximate surface area is 122 Å². The highest BCUT2D eigenvalue weighted by atomic mass is 16.5. The van der Waals surface area contributed by atoms with E-state index in [4.69, 9.17) is 9.47 Å². The molecule has 0 amide bonds. The van der Waals surface area contributed by atoms with Gasteiger partial charge in [0.25, 0.3) is 0 Å². The first-order valence-corrected chi connectivity index (χ1v) is 7.25. The zero-order chi connectivity index (χ0) is 14.5. The van der Waals surface area contributed by atoms with Crippen LogP contribution in [0.4, 0.5) is 5.69 Å². The largest absolute Gasteiger partial charge is 0.497 e. The van der Waals surface area contributed by atoms with E-state index in [1.807, 2.05) is 18.2 Å². The van der Waals surface area contributed by atoms with Crippen molar-refractivity contribution < 1.29 is 9.47 Å². The molecule has 3 heteroatoms. The minimum Gasteiger partial charge on any atom is -0.497 e. The van der Waals surface area contributed by atoms with Gasteiger partial charge in [-0.2, -0.15) is 0 Å². The molecule has 1 aromatic carbocycles. The summed E-state index contributed by atoms with van der Waals surface area (Å²) in [5.74, 6) is 3.03. The predicted octanol–water partition coefficient (Wildman–Crippen LogP) is 4.11. The Kier molecular flexibility index (Phi) is 4.94. The van der Waals surface area contributed by atoms with Crippen molar-refractivity contribution in [2.24, 2.45) is 11.8 Å². The average Bonchev–Trinajstić information content (AvgIpc) is 2.43. The summed E-state index contributed by atoms with van der Waals surface area (Å²) in [6.07, 6.45) is 4.84. The molecule has 1 N–H and O–H groups in total. The molecule has 0 heterocycles. The SMILES string of the molecule is COc1cc(NCC2CC(C)=CC(C)C2)cc(OC)c1. The van der Waals surface area contributed by atoms with E-state index in [0.717, 1.165) is 23.7 Å². The van der Waals surface area contributed by atoms with E-state index in [2.05, 4.69) is 25.2 Å². The Balaban J connectivity index is 1.98. The van der Waals surface area contributed by atoms with E-state index in [1.165, 1.54) is 18.4 Å². The predicted molar refractivity (Wildman–Crippen MR) is 83.7 cm³/mol. The van der Waals surface area contributed by atoms with Crippen LogP contribution in [0.2, 0.25) is 0 Å². The third-order valence-electron chi connectivity index (χ3n) is 3.83. The fourth-order valence-corrected chi connectivity index (χ4v) is 3.01. The first kappa shape index (κ1) is 14.8. The first-order chi connectivity index (χ1) is 9.60. The Morgan fingerprint density at radius 2 is 1.80 bits per heavy atom. The standard InChI is InChI=1S/C17H25NO2/c1-12-5-13(2)7-14(6-12)11-18-15-8-16(19-3)10-17(9-15)20-4/h5,8-10,12,14,18H,6-7,11H2,1-4H3. The van der Waals surface area contributed by atoms with Gasteiger partial charge in [-0.05, 0) is 31.6 Å². The maximum absolute atomic E-state index is 5.29. The summed E-state index contributed by atoms with van der Waals surface area (Å²) in [7, 11) is 3.35. The molecule has 0 saturated carbocycles. The number of ether oxygens (including phenoxy) is 2. The second kappa shape index (κ2) is 6.69. The van der Waals surface area contributed by atoms with Crippen LogP contribution in [0.25, 0.3) is 0 Å². The molecule has 0 saturated heterocycles. The number of benzene rings is 1. The van der Waals surface area contributed by atoms with Crippen molar-refractivity contribution in [2.45, 2.75) is 26.7 Å². The van der Waals surface area contributed by atoms with Crippen LogP contribution in [-0.2, 0) is 0 Å². The zero-order valence-electron chi connectivity index (χ0n) is 12.9. The molecule has 0 aromatic heterocycles. The summed E-state index contributed by atoms with van der Waals surface area (Å²) in [5.41, 5.74) is 2.57. The second-order valence-electron chi connectivity index (χ2n) is 5.78. The molecule has 1 aliphatic rings. The molecular formula is C17H25NO2. The summed E-state index contributed by atoms with van der Waals surface area (Å²) < 4.78 is 10.6. The molecule has 2 atom stereocenters. The van der Waals surface area contributed by atoms with Crippen molar-refractivity contribution >= 4 is 5.69 Å². The van der Waals surface area contributed by atoms with Crippen molar-refractivity contribution in [1.82, 2.24) is 0 Å².